The Morgan fingerprint density at radius 3 is 0.593 bits per heavy atom. The fraction of sp³-hybridized carbons (Fsp3) is 0.500. The van der Waals surface area contributed by atoms with Crippen molar-refractivity contribution >= 4 is 53.0 Å². The van der Waals surface area contributed by atoms with Crippen LogP contribution in [0.15, 0.2) is 72.9 Å². The second kappa shape index (κ2) is 18.4. The monoisotopic (exact) mass is 602 g/mol. The molecule has 0 nitrogen and oxygen atoms in total. The van der Waals surface area contributed by atoms with Crippen LogP contribution >= 0.6 is 0 Å². The van der Waals surface area contributed by atoms with E-state index in [0.29, 0.717) is 0 Å². The van der Waals surface area contributed by atoms with Crippen LogP contribution in [0.3, 0.4) is 0 Å². The van der Waals surface area contributed by atoms with Crippen molar-refractivity contribution in [2.45, 2.75) is 68.2 Å². The van der Waals surface area contributed by atoms with Crippen molar-refractivity contribution in [3.05, 3.63) is 72.9 Å². The molecule has 0 aliphatic carbocycles. The molecule has 0 fully saturated rings. The maximum atomic E-state index is 4.00. The van der Waals surface area contributed by atoms with E-state index in [-0.39, 0.29) is 13.5 Å². The van der Waals surface area contributed by atoms with E-state index < -0.39 is 39.5 Å². The van der Waals surface area contributed by atoms with Gasteiger partial charge in [0.15, 0.2) is 0 Å². The summed E-state index contributed by atoms with van der Waals surface area (Å²) in [5.74, 6) is 0. The van der Waals surface area contributed by atoms with E-state index in [9.17, 15) is 0 Å². The average molecular weight is 600 g/mol. The van der Waals surface area contributed by atoms with Crippen molar-refractivity contribution in [2.75, 3.05) is 0 Å². The molecule has 0 heterocycles. The molecule has 0 radical (unpaired) electrons. The number of rotatable bonds is 12. The Bertz CT molecular complexity index is 404. The van der Waals surface area contributed by atoms with Crippen LogP contribution in [0.25, 0.3) is 0 Å². The van der Waals surface area contributed by atoms with Gasteiger partial charge in [-0.1, -0.05) is 0 Å². The second-order valence-corrected chi connectivity index (χ2v) is 22.9. The Balaban J connectivity index is -0.000000411. The van der Waals surface area contributed by atoms with Crippen LogP contribution < -0.4 is 0 Å². The van der Waals surface area contributed by atoms with Crippen molar-refractivity contribution in [3.63, 3.8) is 0 Å². The molecule has 0 amide bonds. The number of hydrogen-bond donors (Lipinski definition) is 0. The second-order valence-electron chi connectivity index (χ2n) is 8.30. The Hall–Kier alpha value is 0.387. The fourth-order valence-electron chi connectivity index (χ4n) is 2.94. The van der Waals surface area contributed by atoms with Crippen LogP contribution in [-0.2, 0) is 13.5 Å². The SMILES string of the molecule is C=C(C)[CH2][Sn+]([CH2]C(=C)C)[CH2]C(=C)C.C=C(C)[CH2][Sn+]([CH2]C(=C)C)[CH2]C(=C)C.[S-2]. The summed E-state index contributed by atoms with van der Waals surface area (Å²) in [7, 11) is 0. The molecule has 27 heavy (non-hydrogen) atoms. The molecule has 3 heteroatoms. The van der Waals surface area contributed by atoms with Gasteiger partial charge in [-0.3, -0.25) is 0 Å². The molecule has 0 aliphatic rings. The third kappa shape index (κ3) is 26.4. The van der Waals surface area contributed by atoms with Crippen LogP contribution in [0.4, 0.5) is 0 Å². The molecule has 0 N–H and O–H groups in total. The van der Waals surface area contributed by atoms with Crippen molar-refractivity contribution in [2.24, 2.45) is 0 Å². The van der Waals surface area contributed by atoms with Crippen molar-refractivity contribution in [1.82, 2.24) is 0 Å². The van der Waals surface area contributed by atoms with Crippen LogP contribution in [0.1, 0.15) is 41.5 Å². The predicted octanol–water partition coefficient (Wildman–Crippen LogP) is 8.42. The summed E-state index contributed by atoms with van der Waals surface area (Å²) in [4.78, 5) is 0. The standard InChI is InChI=1S/6C4H7.S.2Sn/c6*1-4(2)3;;;/h6*1-2H2,3H3;;;/q;;;;;;-2;2*+1. The molecule has 0 spiro atoms. The van der Waals surface area contributed by atoms with Crippen molar-refractivity contribution in [1.29, 1.82) is 0 Å². The van der Waals surface area contributed by atoms with Crippen LogP contribution in [0.5, 0.6) is 0 Å². The maximum Gasteiger partial charge on any atom is -2.00 e. The smallest absolute Gasteiger partial charge is 2.00 e. The Kier molecular flexibility index (Phi) is 21.9. The van der Waals surface area contributed by atoms with Crippen molar-refractivity contribution < 1.29 is 0 Å². The normalized spacial score (nSPS) is 9.11. The molecule has 0 aliphatic heterocycles. The minimum atomic E-state index is -1.27. The molecule has 0 bridgehead atoms. The van der Waals surface area contributed by atoms with E-state index in [2.05, 4.69) is 81.0 Å². The Labute approximate surface area is 192 Å². The molecule has 0 unspecified atom stereocenters. The zero-order valence-corrected chi connectivity index (χ0v) is 25.4. The van der Waals surface area contributed by atoms with Gasteiger partial charge in [-0.15, -0.1) is 0 Å². The third-order valence-corrected chi connectivity index (χ3v) is 22.2. The first kappa shape index (κ1) is 32.1. The summed E-state index contributed by atoms with van der Waals surface area (Å²) in [6.07, 6.45) is 0. The molecule has 0 atom stereocenters. The van der Waals surface area contributed by atoms with Gasteiger partial charge in [0, 0.05) is 0 Å². The van der Waals surface area contributed by atoms with Gasteiger partial charge in [0.05, 0.1) is 0 Å². The van der Waals surface area contributed by atoms with Gasteiger partial charge in [0.2, 0.25) is 0 Å². The van der Waals surface area contributed by atoms with Gasteiger partial charge < -0.3 is 13.5 Å². The van der Waals surface area contributed by atoms with Crippen molar-refractivity contribution in [3.8, 4) is 0 Å². The van der Waals surface area contributed by atoms with E-state index in [4.69, 9.17) is 0 Å². The molecular weight excluding hydrogens is 558 g/mol. The van der Waals surface area contributed by atoms with Gasteiger partial charge in [-0.05, 0) is 0 Å². The van der Waals surface area contributed by atoms with E-state index in [0.717, 1.165) is 0 Å². The molecule has 0 saturated carbocycles. The molecule has 0 aromatic rings. The molecule has 0 rings (SSSR count). The van der Waals surface area contributed by atoms with Crippen LogP contribution in [-0.4, -0.2) is 39.5 Å². The van der Waals surface area contributed by atoms with E-state index in [1.165, 1.54) is 60.1 Å². The molecule has 0 aromatic carbocycles. The van der Waals surface area contributed by atoms with E-state index >= 15 is 0 Å². The van der Waals surface area contributed by atoms with Crippen LogP contribution in [0, 0.1) is 0 Å². The van der Waals surface area contributed by atoms with Gasteiger partial charge in [-0.25, -0.2) is 0 Å². The van der Waals surface area contributed by atoms with E-state index in [1.54, 1.807) is 0 Å². The zero-order chi connectivity index (χ0) is 20.9. The minimum Gasteiger partial charge on any atom is -2.00 e. The van der Waals surface area contributed by atoms with Gasteiger partial charge >= 0.3 is 181 Å². The first-order chi connectivity index (χ1) is 11.8. The number of hydrogen-bond acceptors (Lipinski definition) is 0. The summed E-state index contributed by atoms with van der Waals surface area (Å²) in [6, 6.07) is 0. The largest absolute Gasteiger partial charge is 2.00 e. The third-order valence-electron chi connectivity index (χ3n) is 3.31. The minimum absolute atomic E-state index is 0. The maximum absolute atomic E-state index is 4.00. The zero-order valence-electron chi connectivity index (χ0n) is 18.9. The molecule has 0 aromatic heterocycles. The molecule has 152 valence electrons. The van der Waals surface area contributed by atoms with Crippen LogP contribution in [0.2, 0.25) is 26.6 Å². The summed E-state index contributed by atoms with van der Waals surface area (Å²) in [5.41, 5.74) is 8.07. The summed E-state index contributed by atoms with van der Waals surface area (Å²) >= 11 is -2.55. The van der Waals surface area contributed by atoms with Gasteiger partial charge in [0.1, 0.15) is 0 Å². The fourth-order valence-corrected chi connectivity index (χ4v) is 19.7. The first-order valence-corrected chi connectivity index (χ1v) is 21.5. The number of allylic oxidation sites excluding steroid dienone is 6. The summed E-state index contributed by atoms with van der Waals surface area (Å²) in [5, 5.41) is 0. The quantitative estimate of drug-likeness (QED) is 0.156. The van der Waals surface area contributed by atoms with Gasteiger partial charge in [0.25, 0.3) is 0 Å². The average Bonchev–Trinajstić information content (AvgIpc) is 2.33. The Morgan fingerprint density at radius 1 is 0.407 bits per heavy atom. The van der Waals surface area contributed by atoms with Gasteiger partial charge in [-0.2, -0.15) is 0 Å². The molecule has 0 saturated heterocycles. The summed E-state index contributed by atoms with van der Waals surface area (Å²) < 4.78 is 7.76. The summed E-state index contributed by atoms with van der Waals surface area (Å²) in [6.45, 7) is 36.8. The van der Waals surface area contributed by atoms with E-state index in [1.807, 2.05) is 0 Å². The first-order valence-electron chi connectivity index (χ1n) is 9.36. The predicted molar refractivity (Wildman–Crippen MR) is 137 cm³/mol. The Morgan fingerprint density at radius 2 is 0.519 bits per heavy atom. The topological polar surface area (TPSA) is 0 Å². The molecular formula is C24H42SSn2.